The van der Waals surface area contributed by atoms with E-state index in [4.69, 9.17) is 47.4 Å². The molecule has 33 atom stereocenters. The van der Waals surface area contributed by atoms with Crippen molar-refractivity contribution in [3.63, 3.8) is 0 Å². The molecule has 23 nitrogen and oxygen atoms in total. The van der Waals surface area contributed by atoms with Gasteiger partial charge in [0, 0.05) is 18.3 Å². The molecule has 1 spiro atoms. The van der Waals surface area contributed by atoms with Crippen LogP contribution in [0, 0.1) is 58.2 Å². The molecule has 74 heavy (non-hydrogen) atoms. The summed E-state index contributed by atoms with van der Waals surface area (Å²) in [5.74, 6) is 0.523. The van der Waals surface area contributed by atoms with Crippen molar-refractivity contribution in [1.82, 2.24) is 0 Å². The van der Waals surface area contributed by atoms with E-state index in [0.717, 1.165) is 32.1 Å². The molecule has 0 aromatic carbocycles. The first-order valence-corrected chi connectivity index (χ1v) is 27.2. The monoisotopic (exact) mass is 1060 g/mol. The summed E-state index contributed by atoms with van der Waals surface area (Å²) < 4.78 is 61.4. The molecule has 4 aliphatic carbocycles. The molecule has 426 valence electrons. The van der Waals surface area contributed by atoms with Crippen LogP contribution < -0.4 is 0 Å². The summed E-state index contributed by atoms with van der Waals surface area (Å²) >= 11 is 0. The summed E-state index contributed by atoms with van der Waals surface area (Å²) in [5, 5.41) is 144. The highest BCUT2D eigenvalue weighted by molar-refractivity contribution is 5.17. The van der Waals surface area contributed by atoms with Crippen LogP contribution in [0.1, 0.15) is 86.0 Å². The van der Waals surface area contributed by atoms with Crippen molar-refractivity contribution in [2.75, 3.05) is 33.0 Å². The van der Waals surface area contributed by atoms with Gasteiger partial charge in [0.1, 0.15) is 79.4 Å². The van der Waals surface area contributed by atoms with Gasteiger partial charge >= 0.3 is 0 Å². The van der Waals surface area contributed by atoms with Gasteiger partial charge in [0.15, 0.2) is 30.9 Å². The maximum Gasteiger partial charge on any atom is 0.187 e. The fourth-order valence-electron chi connectivity index (χ4n) is 16.1. The average molecular weight is 1070 g/mol. The third-order valence-corrected chi connectivity index (χ3v) is 20.3. The van der Waals surface area contributed by atoms with Crippen LogP contribution in [0.25, 0.3) is 0 Å². The van der Waals surface area contributed by atoms with E-state index in [-0.39, 0.29) is 48.2 Å². The largest absolute Gasteiger partial charge is 0.394 e. The predicted octanol–water partition coefficient (Wildman–Crippen LogP) is -3.05. The van der Waals surface area contributed by atoms with E-state index < -0.39 is 166 Å². The highest BCUT2D eigenvalue weighted by Gasteiger charge is 2.70. The van der Waals surface area contributed by atoms with Crippen LogP contribution in [-0.2, 0) is 47.4 Å². The van der Waals surface area contributed by atoms with E-state index in [1.807, 2.05) is 0 Å². The normalized spacial score (nSPS) is 58.6. The molecule has 0 bridgehead atoms. The first-order valence-electron chi connectivity index (χ1n) is 27.2. The molecule has 5 unspecified atom stereocenters. The summed E-state index contributed by atoms with van der Waals surface area (Å²) in [4.78, 5) is 0. The Kier molecular flexibility index (Phi) is 16.4. The van der Waals surface area contributed by atoms with E-state index in [1.165, 1.54) is 0 Å². The zero-order chi connectivity index (χ0) is 53.1. The van der Waals surface area contributed by atoms with E-state index in [9.17, 15) is 66.4 Å². The molecule has 23 heteroatoms. The number of hydrogen-bond donors (Lipinski definition) is 13. The lowest BCUT2D eigenvalue weighted by molar-refractivity contribution is -0.404. The third kappa shape index (κ3) is 9.46. The van der Waals surface area contributed by atoms with E-state index in [2.05, 4.69) is 27.7 Å². The fraction of sp³-hybridized carbons (Fsp3) is 1.00. The lowest BCUT2D eigenvalue weighted by Crippen LogP contribution is -2.68. The van der Waals surface area contributed by atoms with Crippen LogP contribution in [0.3, 0.4) is 0 Å². The molecule has 0 amide bonds. The van der Waals surface area contributed by atoms with Gasteiger partial charge in [-0.2, -0.15) is 0 Å². The molecule has 13 N–H and O–H groups in total. The number of aliphatic hydroxyl groups is 13. The van der Waals surface area contributed by atoms with Gasteiger partial charge in [-0.3, -0.25) is 0 Å². The van der Waals surface area contributed by atoms with Crippen molar-refractivity contribution in [2.24, 2.45) is 58.2 Å². The van der Waals surface area contributed by atoms with Crippen LogP contribution >= 0.6 is 0 Å². The average Bonchev–Trinajstić information content (AvgIpc) is 3.82. The van der Waals surface area contributed by atoms with E-state index in [1.54, 1.807) is 6.92 Å². The second kappa shape index (κ2) is 21.5. The van der Waals surface area contributed by atoms with Gasteiger partial charge in [0.25, 0.3) is 0 Å². The minimum Gasteiger partial charge on any atom is -0.394 e. The highest BCUT2D eigenvalue weighted by Crippen LogP contribution is 2.71. The summed E-state index contributed by atoms with van der Waals surface area (Å²) in [6.07, 6.45) is -28.0. The summed E-state index contributed by atoms with van der Waals surface area (Å²) in [6.45, 7) is 8.79. The van der Waals surface area contributed by atoms with Crippen molar-refractivity contribution in [3.05, 3.63) is 0 Å². The molecule has 0 aromatic heterocycles. The number of aliphatic hydroxyl groups excluding tert-OH is 13. The molecule has 0 aromatic rings. The maximum absolute atomic E-state index is 12.1. The Bertz CT molecular complexity index is 1890. The van der Waals surface area contributed by atoms with Gasteiger partial charge in [-0.05, 0) is 91.3 Å². The fourth-order valence-corrected chi connectivity index (χ4v) is 16.1. The molecule has 6 saturated heterocycles. The Morgan fingerprint density at radius 2 is 1.14 bits per heavy atom. The van der Waals surface area contributed by atoms with Gasteiger partial charge in [-0.1, -0.05) is 34.6 Å². The van der Waals surface area contributed by atoms with Crippen molar-refractivity contribution in [3.8, 4) is 0 Å². The van der Waals surface area contributed by atoms with Crippen LogP contribution in [0.2, 0.25) is 0 Å². The van der Waals surface area contributed by atoms with Crippen molar-refractivity contribution >= 4 is 0 Å². The molecule has 0 radical (unpaired) electrons. The Morgan fingerprint density at radius 1 is 0.514 bits per heavy atom. The number of hydrogen-bond acceptors (Lipinski definition) is 23. The highest BCUT2D eigenvalue weighted by atomic mass is 16.8. The van der Waals surface area contributed by atoms with Crippen molar-refractivity contribution in [1.29, 1.82) is 0 Å². The SMILES string of the molecule is CC1CC[C@@]2(OC1)O[C@H]1CC3C4C[C@@H](O)C5C[C@@H](O[C@@H]6O[C@H](CO)[C@H](O[C@@H]7O[C@H](CO)[C@@H](O)[C@H](O[C@@H]8OC[C@@H](C)[C@H](O)[C@H]8O)[C@H]7O[C@@H]7O[C@H](CO)[C@@H](O)[C@H](O)[C@H]7O)[C@H](O)[C@H]6O)[C@H](O)C[C@]5(C)C4CC[C@]3(C)[C@H]1[C@@H]2C. The topological polar surface area (TPSA) is 355 Å². The Hall–Kier alpha value is -0.920. The zero-order valence-corrected chi connectivity index (χ0v) is 42.9. The van der Waals surface area contributed by atoms with Gasteiger partial charge in [0.2, 0.25) is 0 Å². The lowest BCUT2D eigenvalue weighted by atomic mass is 9.43. The van der Waals surface area contributed by atoms with Crippen molar-refractivity contribution in [2.45, 2.75) is 227 Å². The second-order valence-corrected chi connectivity index (χ2v) is 24.6. The smallest absolute Gasteiger partial charge is 0.187 e. The van der Waals surface area contributed by atoms with Gasteiger partial charge in [-0.15, -0.1) is 0 Å². The van der Waals surface area contributed by atoms with Gasteiger partial charge < -0.3 is 114 Å². The zero-order valence-electron chi connectivity index (χ0n) is 42.9. The minimum absolute atomic E-state index is 0.0125. The quantitative estimate of drug-likeness (QED) is 0.0914. The first-order chi connectivity index (χ1) is 35.1. The minimum atomic E-state index is -2.00. The standard InChI is InChI=1S/C51H84O23/c1-19-6-9-51(66-17-19)21(3)33-29(74-51)11-24-22-10-26(55)25-12-28(27(56)13-50(25,5)23(22)7-8-49(24,33)4)67-46-41(64)38(61)42(32(16-54)70-46)71-48-44(73-47-40(63)37(60)35(58)30(14-52)68-47)43(36(59)31(15-53)69-48)72-45-39(62)34(57)20(2)18-65-45/h19-48,52-64H,6-18H2,1-5H3/t19?,20-,21+,22?,23?,24?,25?,26-,27-,28-,29+,30-,31-,32-,33+,34+,35-,36-,37+,38-,39-,40-,41-,42+,43+,44-,45+,46-,47+,48+,49+,50-,51-/m1/s1. The van der Waals surface area contributed by atoms with Gasteiger partial charge in [0.05, 0.1) is 63.6 Å². The molecular weight excluding hydrogens is 981 g/mol. The molecule has 6 aliphatic heterocycles. The summed E-state index contributed by atoms with van der Waals surface area (Å²) in [7, 11) is 0. The van der Waals surface area contributed by atoms with Gasteiger partial charge in [-0.25, -0.2) is 0 Å². The lowest BCUT2D eigenvalue weighted by Gasteiger charge is -2.63. The van der Waals surface area contributed by atoms with Crippen molar-refractivity contribution < 1.29 is 114 Å². The summed E-state index contributed by atoms with van der Waals surface area (Å²) in [5.41, 5.74) is -0.442. The maximum atomic E-state index is 12.1. The van der Waals surface area contributed by atoms with E-state index >= 15 is 0 Å². The Labute approximate surface area is 430 Å². The van der Waals surface area contributed by atoms with E-state index in [0.29, 0.717) is 37.2 Å². The molecule has 10 rings (SSSR count). The second-order valence-electron chi connectivity index (χ2n) is 24.6. The number of fused-ring (bicyclic) bond motifs is 7. The molecule has 4 saturated carbocycles. The molecular formula is C51H84O23. The molecule has 10 aliphatic rings. The number of ether oxygens (including phenoxy) is 10. The first kappa shape index (κ1) is 56.4. The van der Waals surface area contributed by atoms with Crippen LogP contribution in [0.5, 0.6) is 0 Å². The summed E-state index contributed by atoms with van der Waals surface area (Å²) in [6, 6.07) is 0. The predicted molar refractivity (Wildman–Crippen MR) is 248 cm³/mol. The third-order valence-electron chi connectivity index (χ3n) is 20.3. The van der Waals surface area contributed by atoms with Crippen LogP contribution in [0.15, 0.2) is 0 Å². The van der Waals surface area contributed by atoms with Crippen LogP contribution in [-0.4, -0.2) is 240 Å². The number of rotatable bonds is 11. The van der Waals surface area contributed by atoms with Crippen LogP contribution in [0.4, 0.5) is 0 Å². The Morgan fingerprint density at radius 3 is 1.82 bits per heavy atom. The Balaban J connectivity index is 0.834. The molecule has 10 fully saturated rings. The molecule has 6 heterocycles.